The quantitative estimate of drug-likeness (QED) is 0.781. The lowest BCUT2D eigenvalue weighted by Gasteiger charge is -2.21. The zero-order valence-electron chi connectivity index (χ0n) is 13.3. The lowest BCUT2D eigenvalue weighted by Crippen LogP contribution is -2.36. The topological polar surface area (TPSA) is 58.4 Å². The molecule has 122 valence electrons. The molecule has 0 unspecified atom stereocenters. The Bertz CT molecular complexity index is 646. The van der Waals surface area contributed by atoms with Crippen molar-refractivity contribution >= 4 is 27.5 Å². The molecule has 2 aromatic carbocycles. The van der Waals surface area contributed by atoms with Crippen molar-refractivity contribution in [3.8, 4) is 0 Å². The van der Waals surface area contributed by atoms with Crippen LogP contribution >= 0.6 is 15.9 Å². The number of nitrogens with zero attached hydrogens (tertiary/aromatic N) is 1. The molecule has 0 aromatic heterocycles. The van der Waals surface area contributed by atoms with E-state index in [1.807, 2.05) is 43.3 Å². The first-order valence-corrected chi connectivity index (χ1v) is 8.40. The van der Waals surface area contributed by atoms with Crippen LogP contribution in [-0.4, -0.2) is 30.4 Å². The molecule has 0 fully saturated rings. The average molecular weight is 376 g/mol. The molecule has 0 spiro atoms. The number of anilines is 1. The molecule has 4 nitrogen and oxygen atoms in total. The summed E-state index contributed by atoms with van der Waals surface area (Å²) in [7, 11) is 0. The van der Waals surface area contributed by atoms with Crippen LogP contribution in [0.1, 0.15) is 11.1 Å². The van der Waals surface area contributed by atoms with E-state index in [9.17, 15) is 4.79 Å². The Labute approximate surface area is 145 Å². The number of aryl methyl sites for hydroxylation is 1. The van der Waals surface area contributed by atoms with Gasteiger partial charge in [-0.15, -0.1) is 0 Å². The summed E-state index contributed by atoms with van der Waals surface area (Å²) in [5.41, 5.74) is 8.72. The van der Waals surface area contributed by atoms with Gasteiger partial charge in [0.15, 0.2) is 0 Å². The number of benzene rings is 2. The molecular weight excluding hydrogens is 354 g/mol. The molecule has 3 N–H and O–H groups in total. The highest BCUT2D eigenvalue weighted by Crippen LogP contribution is 2.20. The van der Waals surface area contributed by atoms with Gasteiger partial charge in [-0.25, -0.2) is 0 Å². The summed E-state index contributed by atoms with van der Waals surface area (Å²) in [6, 6.07) is 15.9. The van der Waals surface area contributed by atoms with Crippen molar-refractivity contribution in [1.29, 1.82) is 0 Å². The van der Waals surface area contributed by atoms with Crippen molar-refractivity contribution in [2.75, 3.05) is 25.0 Å². The number of amides is 1. The predicted molar refractivity (Wildman–Crippen MR) is 98.3 cm³/mol. The lowest BCUT2D eigenvalue weighted by molar-refractivity contribution is -0.117. The fourth-order valence-corrected chi connectivity index (χ4v) is 2.87. The van der Waals surface area contributed by atoms with E-state index in [0.717, 1.165) is 15.7 Å². The first-order valence-electron chi connectivity index (χ1n) is 7.61. The van der Waals surface area contributed by atoms with E-state index in [4.69, 9.17) is 5.73 Å². The van der Waals surface area contributed by atoms with Gasteiger partial charge in [-0.05, 0) is 36.2 Å². The number of carbonyl (C=O) groups excluding carboxylic acids is 1. The van der Waals surface area contributed by atoms with Crippen LogP contribution in [0.4, 0.5) is 5.69 Å². The molecule has 5 heteroatoms. The van der Waals surface area contributed by atoms with E-state index in [-0.39, 0.29) is 5.91 Å². The fraction of sp³-hybridized carbons (Fsp3) is 0.278. The van der Waals surface area contributed by atoms with Crippen LogP contribution in [0.3, 0.4) is 0 Å². The van der Waals surface area contributed by atoms with Crippen LogP contribution in [0.5, 0.6) is 0 Å². The highest BCUT2D eigenvalue weighted by Gasteiger charge is 2.12. The van der Waals surface area contributed by atoms with Crippen molar-refractivity contribution < 1.29 is 4.79 Å². The maximum Gasteiger partial charge on any atom is 0.238 e. The first-order chi connectivity index (χ1) is 11.1. The molecular formula is C18H22BrN3O. The fourth-order valence-electron chi connectivity index (χ4n) is 2.40. The van der Waals surface area contributed by atoms with E-state index in [0.29, 0.717) is 26.2 Å². The van der Waals surface area contributed by atoms with Gasteiger partial charge in [0.05, 0.1) is 6.54 Å². The van der Waals surface area contributed by atoms with E-state index in [1.54, 1.807) is 0 Å². The summed E-state index contributed by atoms with van der Waals surface area (Å²) < 4.78 is 1.00. The zero-order chi connectivity index (χ0) is 16.7. The Morgan fingerprint density at radius 1 is 1.22 bits per heavy atom. The van der Waals surface area contributed by atoms with Crippen molar-refractivity contribution in [3.05, 3.63) is 64.1 Å². The third kappa shape index (κ3) is 5.78. The molecule has 0 aliphatic carbocycles. The van der Waals surface area contributed by atoms with Crippen LogP contribution in [0, 0.1) is 6.92 Å². The van der Waals surface area contributed by atoms with Crippen molar-refractivity contribution in [3.63, 3.8) is 0 Å². The van der Waals surface area contributed by atoms with Gasteiger partial charge in [0, 0.05) is 29.8 Å². The van der Waals surface area contributed by atoms with Crippen molar-refractivity contribution in [2.24, 2.45) is 5.73 Å². The maximum atomic E-state index is 12.3. The second kappa shape index (κ2) is 8.82. The standard InChI is InChI=1S/C18H22BrN3O/c1-14-11-16(19)7-8-17(14)21-18(23)13-22(10-9-20)12-15-5-3-2-4-6-15/h2-8,11H,9-10,12-13,20H2,1H3,(H,21,23). The van der Waals surface area contributed by atoms with Gasteiger partial charge in [-0.3, -0.25) is 9.69 Å². The maximum absolute atomic E-state index is 12.3. The molecule has 0 radical (unpaired) electrons. The van der Waals surface area contributed by atoms with Gasteiger partial charge >= 0.3 is 0 Å². The summed E-state index contributed by atoms with van der Waals surface area (Å²) in [6.45, 7) is 4.22. The number of halogens is 1. The Hall–Kier alpha value is -1.69. The van der Waals surface area contributed by atoms with Crippen LogP contribution < -0.4 is 11.1 Å². The number of hydrogen-bond acceptors (Lipinski definition) is 3. The van der Waals surface area contributed by atoms with Gasteiger partial charge in [0.25, 0.3) is 0 Å². The Kier molecular flexibility index (Phi) is 6.77. The smallest absolute Gasteiger partial charge is 0.238 e. The molecule has 0 atom stereocenters. The minimum absolute atomic E-state index is 0.0280. The van der Waals surface area contributed by atoms with Crippen LogP contribution in [0.15, 0.2) is 53.0 Å². The zero-order valence-corrected chi connectivity index (χ0v) is 14.8. The summed E-state index contributed by atoms with van der Waals surface area (Å²) in [4.78, 5) is 14.4. The number of nitrogens with one attached hydrogen (secondary N) is 1. The molecule has 1 amide bonds. The first kappa shape index (κ1) is 17.7. The monoisotopic (exact) mass is 375 g/mol. The highest BCUT2D eigenvalue weighted by molar-refractivity contribution is 9.10. The third-order valence-corrected chi connectivity index (χ3v) is 4.02. The van der Waals surface area contributed by atoms with Gasteiger partial charge < -0.3 is 11.1 Å². The minimum Gasteiger partial charge on any atom is -0.329 e. The second-order valence-electron chi connectivity index (χ2n) is 5.49. The molecule has 0 saturated heterocycles. The van der Waals surface area contributed by atoms with Crippen LogP contribution in [-0.2, 0) is 11.3 Å². The number of carbonyl (C=O) groups is 1. The van der Waals surface area contributed by atoms with Gasteiger partial charge in [-0.1, -0.05) is 46.3 Å². The summed E-state index contributed by atoms with van der Waals surface area (Å²) in [5, 5.41) is 2.97. The van der Waals surface area contributed by atoms with Crippen LogP contribution in [0.25, 0.3) is 0 Å². The van der Waals surface area contributed by atoms with Crippen molar-refractivity contribution in [2.45, 2.75) is 13.5 Å². The molecule has 0 bridgehead atoms. The van der Waals surface area contributed by atoms with E-state index < -0.39 is 0 Å². The largest absolute Gasteiger partial charge is 0.329 e. The molecule has 0 aliphatic rings. The summed E-state index contributed by atoms with van der Waals surface area (Å²) in [5.74, 6) is -0.0280. The summed E-state index contributed by atoms with van der Waals surface area (Å²) >= 11 is 3.43. The Morgan fingerprint density at radius 3 is 2.61 bits per heavy atom. The van der Waals surface area contributed by atoms with E-state index >= 15 is 0 Å². The van der Waals surface area contributed by atoms with Gasteiger partial charge in [-0.2, -0.15) is 0 Å². The van der Waals surface area contributed by atoms with Gasteiger partial charge in [0.2, 0.25) is 5.91 Å². The minimum atomic E-state index is -0.0280. The second-order valence-corrected chi connectivity index (χ2v) is 6.41. The molecule has 2 rings (SSSR count). The average Bonchev–Trinajstić information content (AvgIpc) is 2.51. The number of nitrogens with two attached hydrogens (primary N) is 1. The van der Waals surface area contributed by atoms with E-state index in [1.165, 1.54) is 5.56 Å². The molecule has 0 aliphatic heterocycles. The third-order valence-electron chi connectivity index (χ3n) is 3.52. The summed E-state index contributed by atoms with van der Waals surface area (Å²) in [6.07, 6.45) is 0. The Morgan fingerprint density at radius 2 is 1.96 bits per heavy atom. The van der Waals surface area contributed by atoms with E-state index in [2.05, 4.69) is 38.3 Å². The molecule has 23 heavy (non-hydrogen) atoms. The number of rotatable bonds is 7. The highest BCUT2D eigenvalue weighted by atomic mass is 79.9. The lowest BCUT2D eigenvalue weighted by atomic mass is 10.2. The molecule has 2 aromatic rings. The molecule has 0 heterocycles. The number of hydrogen-bond donors (Lipinski definition) is 2. The molecule has 0 saturated carbocycles. The SMILES string of the molecule is Cc1cc(Br)ccc1NC(=O)CN(CCN)Cc1ccccc1. The normalized spacial score (nSPS) is 10.8. The predicted octanol–water partition coefficient (Wildman–Crippen LogP) is 3.16. The van der Waals surface area contributed by atoms with Crippen LogP contribution in [0.2, 0.25) is 0 Å². The van der Waals surface area contributed by atoms with Gasteiger partial charge in [0.1, 0.15) is 0 Å². The van der Waals surface area contributed by atoms with Crippen molar-refractivity contribution in [1.82, 2.24) is 4.90 Å². The Balaban J connectivity index is 1.97.